The van der Waals surface area contributed by atoms with Gasteiger partial charge in [0.2, 0.25) is 0 Å². The van der Waals surface area contributed by atoms with Gasteiger partial charge in [-0.15, -0.1) is 20.4 Å². The second-order valence-electron chi connectivity index (χ2n) is 6.93. The van der Waals surface area contributed by atoms with Gasteiger partial charge in [-0.3, -0.25) is 0 Å². The maximum Gasteiger partial charge on any atom is 0.419 e. The molecule has 1 aromatic carbocycles. The van der Waals surface area contributed by atoms with Crippen LogP contribution in [0, 0.1) is 0 Å². The number of nitrogens with zero attached hydrogens (tertiary/aromatic N) is 5. The third-order valence-electron chi connectivity index (χ3n) is 4.89. The topological polar surface area (TPSA) is 64.0 Å². The van der Waals surface area contributed by atoms with Crippen LogP contribution in [0.5, 0.6) is 5.75 Å². The summed E-state index contributed by atoms with van der Waals surface area (Å²) >= 11 is 1.50. The molecule has 0 aliphatic carbocycles. The molecule has 0 saturated carbocycles. The van der Waals surface area contributed by atoms with Gasteiger partial charge in [-0.1, -0.05) is 30.4 Å². The molecule has 6 nitrogen and oxygen atoms in total. The highest BCUT2D eigenvalue weighted by atomic mass is 32.1. The molecule has 0 unspecified atom stereocenters. The first-order valence-corrected chi connectivity index (χ1v) is 10.5. The number of aromatic nitrogens is 4. The number of aryl methyl sites for hydroxylation is 1. The monoisotopic (exact) mass is 435 g/mol. The van der Waals surface area contributed by atoms with Crippen LogP contribution in [0.2, 0.25) is 0 Å². The van der Waals surface area contributed by atoms with E-state index in [0.29, 0.717) is 31.6 Å². The predicted octanol–water partition coefficient (Wildman–Crippen LogP) is 4.62. The first-order valence-electron chi connectivity index (χ1n) is 9.68. The molecule has 3 heterocycles. The average Bonchev–Trinajstić information content (AvgIpc) is 3.23. The Bertz CT molecular complexity index is 985. The molecule has 158 valence electrons. The van der Waals surface area contributed by atoms with Crippen molar-refractivity contribution in [1.29, 1.82) is 0 Å². The quantitative estimate of drug-likeness (QED) is 0.583. The number of hydrogen-bond acceptors (Lipinski definition) is 7. The largest absolute Gasteiger partial charge is 0.490 e. The van der Waals surface area contributed by atoms with Crippen molar-refractivity contribution in [2.75, 3.05) is 18.0 Å². The Morgan fingerprint density at radius 3 is 2.43 bits per heavy atom. The highest BCUT2D eigenvalue weighted by molar-refractivity contribution is 7.14. The van der Waals surface area contributed by atoms with Crippen LogP contribution in [-0.4, -0.2) is 39.6 Å². The molecule has 10 heteroatoms. The third kappa shape index (κ3) is 4.53. The number of rotatable bonds is 5. The Morgan fingerprint density at radius 1 is 1.03 bits per heavy atom. The van der Waals surface area contributed by atoms with Crippen molar-refractivity contribution in [3.63, 3.8) is 0 Å². The van der Waals surface area contributed by atoms with E-state index in [1.54, 1.807) is 6.07 Å². The van der Waals surface area contributed by atoms with Gasteiger partial charge in [-0.05, 0) is 30.7 Å². The molecule has 0 atom stereocenters. The number of hydrogen-bond donors (Lipinski definition) is 0. The zero-order valence-electron chi connectivity index (χ0n) is 16.3. The summed E-state index contributed by atoms with van der Waals surface area (Å²) in [7, 11) is 0. The second-order valence-corrected chi connectivity index (χ2v) is 7.99. The number of ether oxygens (including phenoxy) is 1. The number of benzene rings is 1. The van der Waals surface area contributed by atoms with Crippen LogP contribution in [0.25, 0.3) is 10.7 Å². The maximum absolute atomic E-state index is 13.2. The molecular formula is C20H20F3N5OS. The number of alkyl halides is 3. The van der Waals surface area contributed by atoms with E-state index in [9.17, 15) is 13.2 Å². The lowest BCUT2D eigenvalue weighted by Crippen LogP contribution is -2.39. The van der Waals surface area contributed by atoms with E-state index in [1.165, 1.54) is 23.5 Å². The minimum Gasteiger partial charge on any atom is -0.490 e. The van der Waals surface area contributed by atoms with Crippen molar-refractivity contribution in [3.05, 3.63) is 47.0 Å². The normalized spacial score (nSPS) is 15.4. The van der Waals surface area contributed by atoms with Crippen LogP contribution in [0.15, 0.2) is 36.4 Å². The minimum atomic E-state index is -4.43. The van der Waals surface area contributed by atoms with Crippen molar-refractivity contribution < 1.29 is 17.9 Å². The van der Waals surface area contributed by atoms with E-state index in [-0.39, 0.29) is 11.9 Å². The fraction of sp³-hybridized carbons (Fsp3) is 0.400. The Hall–Kier alpha value is -2.75. The highest BCUT2D eigenvalue weighted by Crippen LogP contribution is 2.37. The molecular weight excluding hydrogens is 415 g/mol. The zero-order chi connectivity index (χ0) is 21.1. The van der Waals surface area contributed by atoms with Crippen molar-refractivity contribution in [2.45, 2.75) is 38.5 Å². The molecule has 0 amide bonds. The van der Waals surface area contributed by atoms with Crippen molar-refractivity contribution in [2.24, 2.45) is 0 Å². The van der Waals surface area contributed by atoms with Crippen LogP contribution in [0.4, 0.5) is 19.0 Å². The van der Waals surface area contributed by atoms with E-state index >= 15 is 0 Å². The van der Waals surface area contributed by atoms with E-state index in [4.69, 9.17) is 4.74 Å². The average molecular weight is 435 g/mol. The number of halogens is 3. The molecule has 0 bridgehead atoms. The van der Waals surface area contributed by atoms with Crippen LogP contribution in [0.3, 0.4) is 0 Å². The Labute approximate surface area is 175 Å². The lowest BCUT2D eigenvalue weighted by molar-refractivity contribution is -0.139. The predicted molar refractivity (Wildman–Crippen MR) is 108 cm³/mol. The van der Waals surface area contributed by atoms with E-state index in [1.807, 2.05) is 19.1 Å². The van der Waals surface area contributed by atoms with E-state index in [0.717, 1.165) is 28.3 Å². The maximum atomic E-state index is 13.2. The highest BCUT2D eigenvalue weighted by Gasteiger charge is 2.35. The summed E-state index contributed by atoms with van der Waals surface area (Å²) in [4.78, 5) is 2.06. The number of piperidine rings is 1. The van der Waals surface area contributed by atoms with E-state index < -0.39 is 11.7 Å². The van der Waals surface area contributed by atoms with Gasteiger partial charge in [0.1, 0.15) is 22.6 Å². The molecule has 1 aliphatic rings. The van der Waals surface area contributed by atoms with Gasteiger partial charge in [0.15, 0.2) is 10.8 Å². The minimum absolute atomic E-state index is 0.115. The lowest BCUT2D eigenvalue weighted by atomic mass is 10.1. The van der Waals surface area contributed by atoms with Gasteiger partial charge >= 0.3 is 6.18 Å². The van der Waals surface area contributed by atoms with Gasteiger partial charge in [-0.25, -0.2) is 0 Å². The van der Waals surface area contributed by atoms with Gasteiger partial charge in [0.05, 0.1) is 5.56 Å². The Kier molecular flexibility index (Phi) is 5.85. The standard InChI is InChI=1S/C20H20F3N5OS/c1-2-18-26-27-19(30-18)15-7-8-17(25-24-15)28-11-9-13(10-12-28)29-16-6-4-3-5-14(16)20(21,22)23/h3-8,13H,2,9-12H2,1H3. The summed E-state index contributed by atoms with van der Waals surface area (Å²) in [6.07, 6.45) is -2.67. The van der Waals surface area contributed by atoms with Gasteiger partial charge in [0.25, 0.3) is 0 Å². The summed E-state index contributed by atoms with van der Waals surface area (Å²) in [5.41, 5.74) is -0.0604. The SMILES string of the molecule is CCc1nnc(-c2ccc(N3CCC(Oc4ccccc4C(F)(F)F)CC3)nn2)s1. The Morgan fingerprint density at radius 2 is 1.80 bits per heavy atom. The van der Waals surface area contributed by atoms with Gasteiger partial charge in [-0.2, -0.15) is 13.2 Å². The molecule has 4 rings (SSSR count). The molecule has 0 radical (unpaired) electrons. The molecule has 3 aromatic rings. The van der Waals surface area contributed by atoms with Crippen molar-refractivity contribution in [1.82, 2.24) is 20.4 Å². The van der Waals surface area contributed by atoms with Crippen LogP contribution in [0.1, 0.15) is 30.3 Å². The molecule has 1 saturated heterocycles. The van der Waals surface area contributed by atoms with Crippen molar-refractivity contribution >= 4 is 17.2 Å². The molecule has 2 aromatic heterocycles. The van der Waals surface area contributed by atoms with Crippen LogP contribution < -0.4 is 9.64 Å². The first kappa shape index (κ1) is 20.5. The summed E-state index contributed by atoms with van der Waals surface area (Å²) < 4.78 is 45.1. The Balaban J connectivity index is 1.37. The molecule has 0 spiro atoms. The summed E-state index contributed by atoms with van der Waals surface area (Å²) in [5, 5.41) is 18.5. The molecule has 0 N–H and O–H groups in total. The molecule has 1 fully saturated rings. The van der Waals surface area contributed by atoms with Gasteiger partial charge < -0.3 is 9.64 Å². The van der Waals surface area contributed by atoms with Crippen molar-refractivity contribution in [3.8, 4) is 16.5 Å². The second kappa shape index (κ2) is 8.55. The molecule has 30 heavy (non-hydrogen) atoms. The van der Waals surface area contributed by atoms with Crippen LogP contribution >= 0.6 is 11.3 Å². The summed E-state index contributed by atoms with van der Waals surface area (Å²) in [6.45, 7) is 3.28. The first-order chi connectivity index (χ1) is 14.4. The fourth-order valence-corrected chi connectivity index (χ4v) is 4.04. The zero-order valence-corrected chi connectivity index (χ0v) is 17.1. The number of para-hydroxylation sites is 1. The summed E-state index contributed by atoms with van der Waals surface area (Å²) in [5.74, 6) is 0.615. The fourth-order valence-electron chi connectivity index (χ4n) is 3.29. The third-order valence-corrected chi connectivity index (χ3v) is 5.98. The summed E-state index contributed by atoms with van der Waals surface area (Å²) in [6, 6.07) is 9.09. The smallest absolute Gasteiger partial charge is 0.419 e. The molecule has 1 aliphatic heterocycles. The lowest BCUT2D eigenvalue weighted by Gasteiger charge is -2.33. The van der Waals surface area contributed by atoms with Crippen LogP contribution in [-0.2, 0) is 12.6 Å². The van der Waals surface area contributed by atoms with E-state index in [2.05, 4.69) is 25.3 Å². The van der Waals surface area contributed by atoms with Gasteiger partial charge in [0, 0.05) is 25.9 Å². The number of anilines is 1.